The predicted molar refractivity (Wildman–Crippen MR) is 99.7 cm³/mol. The van der Waals surface area contributed by atoms with Crippen LogP contribution >= 0.6 is 12.4 Å². The van der Waals surface area contributed by atoms with Crippen molar-refractivity contribution in [2.24, 2.45) is 5.92 Å². The monoisotopic (exact) mass is 369 g/mol. The summed E-state index contributed by atoms with van der Waals surface area (Å²) in [6.07, 6.45) is 0.300. The van der Waals surface area contributed by atoms with Gasteiger partial charge in [-0.3, -0.25) is 9.59 Å². The van der Waals surface area contributed by atoms with Crippen LogP contribution in [0.4, 0.5) is 0 Å². The molecule has 25 heavy (non-hydrogen) atoms. The van der Waals surface area contributed by atoms with E-state index < -0.39 is 0 Å². The Morgan fingerprint density at radius 1 is 1.24 bits per heavy atom. The Morgan fingerprint density at radius 2 is 1.96 bits per heavy atom. The van der Waals surface area contributed by atoms with Crippen molar-refractivity contribution >= 4 is 24.2 Å². The van der Waals surface area contributed by atoms with Crippen molar-refractivity contribution in [2.45, 2.75) is 19.9 Å². The molecule has 140 valence electrons. The highest BCUT2D eigenvalue weighted by molar-refractivity contribution is 5.89. The zero-order valence-corrected chi connectivity index (χ0v) is 15.7. The molecule has 1 atom stereocenters. The van der Waals surface area contributed by atoms with Crippen LogP contribution in [0.2, 0.25) is 0 Å². The van der Waals surface area contributed by atoms with Gasteiger partial charge in [0.05, 0.1) is 12.5 Å². The van der Waals surface area contributed by atoms with Crippen LogP contribution in [0, 0.1) is 12.8 Å². The molecule has 2 rings (SSSR count). The summed E-state index contributed by atoms with van der Waals surface area (Å²) in [5, 5.41) is 6.06. The second kappa shape index (κ2) is 11.1. The van der Waals surface area contributed by atoms with E-state index in [0.717, 1.165) is 12.1 Å². The van der Waals surface area contributed by atoms with Crippen LogP contribution in [0.3, 0.4) is 0 Å². The molecule has 1 heterocycles. The number of amides is 2. The van der Waals surface area contributed by atoms with Crippen molar-refractivity contribution in [3.05, 3.63) is 35.4 Å². The Bertz CT molecular complexity index is 551. The molecule has 1 aromatic rings. The second-order valence-electron chi connectivity index (χ2n) is 6.19. The van der Waals surface area contributed by atoms with Gasteiger partial charge in [0, 0.05) is 46.3 Å². The van der Waals surface area contributed by atoms with Gasteiger partial charge in [0.1, 0.15) is 0 Å². The van der Waals surface area contributed by atoms with Gasteiger partial charge in [0.2, 0.25) is 11.8 Å². The highest BCUT2D eigenvalue weighted by Crippen LogP contribution is 2.20. The Kier molecular flexibility index (Phi) is 9.49. The van der Waals surface area contributed by atoms with Crippen molar-refractivity contribution in [2.75, 3.05) is 39.9 Å². The van der Waals surface area contributed by atoms with Crippen molar-refractivity contribution in [1.82, 2.24) is 15.5 Å². The van der Waals surface area contributed by atoms with Gasteiger partial charge in [0.25, 0.3) is 0 Å². The quantitative estimate of drug-likeness (QED) is 0.640. The summed E-state index contributed by atoms with van der Waals surface area (Å²) in [7, 11) is 1.66. The van der Waals surface area contributed by atoms with E-state index in [1.165, 1.54) is 5.56 Å². The summed E-state index contributed by atoms with van der Waals surface area (Å²) in [4.78, 5) is 26.1. The first kappa shape index (κ1) is 21.4. The number of hydrogen-bond acceptors (Lipinski definition) is 4. The van der Waals surface area contributed by atoms with Gasteiger partial charge in [-0.1, -0.05) is 29.8 Å². The molecule has 1 aromatic carbocycles. The molecule has 1 aliphatic rings. The molecule has 1 aliphatic heterocycles. The summed E-state index contributed by atoms with van der Waals surface area (Å²) in [6.45, 7) is 5.78. The number of nitrogens with zero attached hydrogens (tertiary/aromatic N) is 1. The van der Waals surface area contributed by atoms with E-state index in [1.54, 1.807) is 12.0 Å². The van der Waals surface area contributed by atoms with Crippen molar-refractivity contribution in [1.29, 1.82) is 0 Å². The molecule has 6 nitrogen and oxygen atoms in total. The lowest BCUT2D eigenvalue weighted by atomic mass is 10.1. The fourth-order valence-electron chi connectivity index (χ4n) is 2.73. The summed E-state index contributed by atoms with van der Waals surface area (Å²) in [6, 6.07) is 8.14. The molecule has 2 amide bonds. The van der Waals surface area contributed by atoms with Crippen LogP contribution in [0.1, 0.15) is 17.5 Å². The first-order chi connectivity index (χ1) is 11.6. The third-order valence-electron chi connectivity index (χ3n) is 4.16. The van der Waals surface area contributed by atoms with Crippen LogP contribution in [0.15, 0.2) is 24.3 Å². The zero-order chi connectivity index (χ0) is 17.4. The Hall–Kier alpha value is -1.63. The number of aryl methyl sites for hydroxylation is 1. The van der Waals surface area contributed by atoms with E-state index >= 15 is 0 Å². The van der Waals surface area contributed by atoms with E-state index in [1.807, 2.05) is 31.2 Å². The third kappa shape index (κ3) is 7.02. The van der Waals surface area contributed by atoms with Crippen LogP contribution in [0.5, 0.6) is 0 Å². The molecule has 7 heteroatoms. The number of nitrogens with one attached hydrogen (secondary N) is 2. The number of likely N-dealkylation sites (tertiary alicyclic amines) is 1. The smallest absolute Gasteiger partial charge is 0.225 e. The average Bonchev–Trinajstić information content (AvgIpc) is 2.94. The van der Waals surface area contributed by atoms with Gasteiger partial charge in [-0.25, -0.2) is 0 Å². The molecule has 0 bridgehead atoms. The first-order valence-electron chi connectivity index (χ1n) is 8.41. The summed E-state index contributed by atoms with van der Waals surface area (Å²) in [5.41, 5.74) is 2.29. The van der Waals surface area contributed by atoms with E-state index in [0.29, 0.717) is 39.2 Å². The molecule has 0 aromatic heterocycles. The molecule has 0 aliphatic carbocycles. The lowest BCUT2D eigenvalue weighted by Gasteiger charge is -2.17. The van der Waals surface area contributed by atoms with Crippen LogP contribution in [-0.2, 0) is 20.9 Å². The highest BCUT2D eigenvalue weighted by atomic mass is 35.5. The summed E-state index contributed by atoms with van der Waals surface area (Å²) < 4.78 is 4.94. The molecule has 1 unspecified atom stereocenters. The van der Waals surface area contributed by atoms with E-state index in [9.17, 15) is 9.59 Å². The molecule has 0 saturated carbocycles. The first-order valence-corrected chi connectivity index (χ1v) is 8.41. The van der Waals surface area contributed by atoms with Gasteiger partial charge in [-0.2, -0.15) is 0 Å². The topological polar surface area (TPSA) is 70.7 Å². The van der Waals surface area contributed by atoms with Gasteiger partial charge < -0.3 is 20.3 Å². The molecule has 0 spiro atoms. The van der Waals surface area contributed by atoms with E-state index in [4.69, 9.17) is 4.74 Å². The maximum absolute atomic E-state index is 12.2. The fourth-order valence-corrected chi connectivity index (χ4v) is 2.73. The molecular weight excluding hydrogens is 342 g/mol. The molecule has 0 radical (unpaired) electrons. The number of benzene rings is 1. The normalized spacial score (nSPS) is 16.6. The zero-order valence-electron chi connectivity index (χ0n) is 14.9. The minimum absolute atomic E-state index is 0. The summed E-state index contributed by atoms with van der Waals surface area (Å²) in [5.74, 6) is -0.237. The minimum atomic E-state index is -0.248. The highest BCUT2D eigenvalue weighted by Gasteiger charge is 2.33. The number of methoxy groups -OCH3 is 1. The maximum atomic E-state index is 12.2. The number of ether oxygens (including phenoxy) is 1. The Morgan fingerprint density at radius 3 is 2.64 bits per heavy atom. The van der Waals surface area contributed by atoms with Crippen molar-refractivity contribution in [3.8, 4) is 0 Å². The van der Waals surface area contributed by atoms with Crippen molar-refractivity contribution in [3.63, 3.8) is 0 Å². The number of carbonyl (C=O) groups is 2. The van der Waals surface area contributed by atoms with Crippen LogP contribution < -0.4 is 10.6 Å². The second-order valence-corrected chi connectivity index (χ2v) is 6.19. The van der Waals surface area contributed by atoms with Gasteiger partial charge in [-0.15, -0.1) is 12.4 Å². The average molecular weight is 370 g/mol. The molecule has 1 fully saturated rings. The Balaban J connectivity index is 0.00000312. The van der Waals surface area contributed by atoms with Crippen molar-refractivity contribution < 1.29 is 14.3 Å². The molecular formula is C18H28ClN3O3. The lowest BCUT2D eigenvalue weighted by molar-refractivity contribution is -0.129. The van der Waals surface area contributed by atoms with Gasteiger partial charge in [0.15, 0.2) is 0 Å². The largest absolute Gasteiger partial charge is 0.383 e. The fraction of sp³-hybridized carbons (Fsp3) is 0.556. The SMILES string of the molecule is COCCNCCNC(=O)C1CC(=O)N(Cc2ccc(C)cc2)C1.Cl. The predicted octanol–water partition coefficient (Wildman–Crippen LogP) is 1.12. The molecule has 1 saturated heterocycles. The molecule has 2 N–H and O–H groups in total. The number of carbonyl (C=O) groups excluding carboxylic acids is 2. The van der Waals surface area contributed by atoms with Gasteiger partial charge >= 0.3 is 0 Å². The Labute approximate surface area is 155 Å². The lowest BCUT2D eigenvalue weighted by Crippen LogP contribution is -2.37. The standard InChI is InChI=1S/C18H27N3O3.ClH/c1-14-3-5-15(6-4-14)12-21-13-16(11-17(21)22)18(23)20-8-7-19-9-10-24-2;/h3-6,16,19H,7-13H2,1-2H3,(H,20,23);1H. The number of rotatable bonds is 9. The van der Waals surface area contributed by atoms with Gasteiger partial charge in [-0.05, 0) is 12.5 Å². The maximum Gasteiger partial charge on any atom is 0.225 e. The van der Waals surface area contributed by atoms with E-state index in [-0.39, 0.29) is 30.1 Å². The van der Waals surface area contributed by atoms with E-state index in [2.05, 4.69) is 10.6 Å². The number of hydrogen-bond donors (Lipinski definition) is 2. The third-order valence-corrected chi connectivity index (χ3v) is 4.16. The summed E-state index contributed by atoms with van der Waals surface area (Å²) >= 11 is 0. The minimum Gasteiger partial charge on any atom is -0.383 e. The van der Waals surface area contributed by atoms with Crippen LogP contribution in [0.25, 0.3) is 0 Å². The van der Waals surface area contributed by atoms with Crippen LogP contribution in [-0.4, -0.2) is 56.6 Å². The number of halogens is 1.